The highest BCUT2D eigenvalue weighted by molar-refractivity contribution is 7.89. The van der Waals surface area contributed by atoms with E-state index < -0.39 is 15.4 Å². The summed E-state index contributed by atoms with van der Waals surface area (Å²) in [7, 11) is -3.07. The molecule has 1 aliphatic heterocycles. The lowest BCUT2D eigenvalue weighted by Gasteiger charge is -2.19. The molecule has 1 aromatic heterocycles. The van der Waals surface area contributed by atoms with Crippen LogP contribution in [0.4, 0.5) is 11.6 Å². The molecule has 0 atom stereocenters. The topological polar surface area (TPSA) is 101 Å². The van der Waals surface area contributed by atoms with E-state index in [0.29, 0.717) is 11.5 Å². The minimum Gasteiger partial charge on any atom is -0.343 e. The number of aromatic nitrogens is 2. The summed E-state index contributed by atoms with van der Waals surface area (Å²) in [6.45, 7) is 3.95. The number of carbonyl (C=O) groups is 1. The number of amides is 1. The molecule has 0 saturated carbocycles. The van der Waals surface area contributed by atoms with Gasteiger partial charge in [0.05, 0.1) is 17.0 Å². The van der Waals surface area contributed by atoms with Gasteiger partial charge in [-0.05, 0) is 55.3 Å². The van der Waals surface area contributed by atoms with Gasteiger partial charge in [-0.1, -0.05) is 18.2 Å². The van der Waals surface area contributed by atoms with Crippen LogP contribution in [-0.4, -0.2) is 30.5 Å². The van der Waals surface area contributed by atoms with Gasteiger partial charge < -0.3 is 10.6 Å². The minimum absolute atomic E-state index is 0.00526. The molecule has 3 aromatic rings. The average molecular weight is 423 g/mol. The number of hydrogen-bond acceptors (Lipinski definition) is 6. The number of nitrogens with zero attached hydrogens (tertiary/aromatic N) is 2. The second kappa shape index (κ2) is 7.21. The fourth-order valence-corrected chi connectivity index (χ4v) is 4.33. The fourth-order valence-electron chi connectivity index (χ4n) is 3.53. The van der Waals surface area contributed by atoms with Gasteiger partial charge in [0.2, 0.25) is 5.95 Å². The lowest BCUT2D eigenvalue weighted by molar-refractivity contribution is 0.0940. The molecule has 7 nitrogen and oxygen atoms in total. The van der Waals surface area contributed by atoms with Crippen LogP contribution in [0.5, 0.6) is 0 Å². The standard InChI is InChI=1S/C22H22N4O3S/c1-22(2)18-12-15(6-9-17(18)20(27)26-22)19-10-11-23-21(25-19)24-16-7-4-14(5-8-16)13-30(3,28)29/h4-12H,13H2,1-3H3,(H,26,27)(H,23,24,25). The van der Waals surface area contributed by atoms with E-state index >= 15 is 0 Å². The van der Waals surface area contributed by atoms with E-state index in [-0.39, 0.29) is 11.7 Å². The molecular formula is C22H22N4O3S. The zero-order valence-electron chi connectivity index (χ0n) is 16.9. The maximum atomic E-state index is 12.1. The lowest BCUT2D eigenvalue weighted by Crippen LogP contribution is -2.32. The first kappa shape index (κ1) is 20.0. The minimum atomic E-state index is -3.07. The number of sulfone groups is 1. The third-order valence-corrected chi connectivity index (χ3v) is 5.81. The molecule has 0 unspecified atom stereocenters. The molecule has 2 aromatic carbocycles. The van der Waals surface area contributed by atoms with Crippen LogP contribution in [-0.2, 0) is 21.1 Å². The summed E-state index contributed by atoms with van der Waals surface area (Å²) in [5, 5.41) is 6.12. The van der Waals surface area contributed by atoms with Crippen molar-refractivity contribution in [3.05, 3.63) is 71.4 Å². The quantitative estimate of drug-likeness (QED) is 0.653. The summed E-state index contributed by atoms with van der Waals surface area (Å²) in [6, 6.07) is 14.6. The molecule has 1 aliphatic rings. The van der Waals surface area contributed by atoms with E-state index in [0.717, 1.165) is 28.1 Å². The molecule has 0 bridgehead atoms. The Morgan fingerprint density at radius 1 is 1.07 bits per heavy atom. The summed E-state index contributed by atoms with van der Waals surface area (Å²) in [4.78, 5) is 21.0. The molecule has 2 N–H and O–H groups in total. The van der Waals surface area contributed by atoms with E-state index in [1.54, 1.807) is 30.5 Å². The third-order valence-electron chi connectivity index (χ3n) is 4.95. The predicted octanol–water partition coefficient (Wildman–Crippen LogP) is 3.41. The molecule has 2 heterocycles. The van der Waals surface area contributed by atoms with Gasteiger partial charge in [-0.25, -0.2) is 18.4 Å². The first-order chi connectivity index (χ1) is 14.1. The number of hydrogen-bond donors (Lipinski definition) is 2. The van der Waals surface area contributed by atoms with Crippen molar-refractivity contribution < 1.29 is 13.2 Å². The zero-order valence-corrected chi connectivity index (χ0v) is 17.7. The molecule has 0 radical (unpaired) electrons. The van der Waals surface area contributed by atoms with Crippen molar-refractivity contribution in [1.29, 1.82) is 0 Å². The third kappa shape index (κ3) is 4.18. The van der Waals surface area contributed by atoms with Crippen LogP contribution in [0.2, 0.25) is 0 Å². The maximum absolute atomic E-state index is 12.1. The number of rotatable bonds is 5. The second-order valence-corrected chi connectivity index (χ2v) is 10.1. The first-order valence-electron chi connectivity index (χ1n) is 9.45. The largest absolute Gasteiger partial charge is 0.343 e. The Hall–Kier alpha value is -3.26. The van der Waals surface area contributed by atoms with Gasteiger partial charge >= 0.3 is 0 Å². The lowest BCUT2D eigenvalue weighted by atomic mass is 9.92. The van der Waals surface area contributed by atoms with Gasteiger partial charge in [-0.15, -0.1) is 0 Å². The Balaban J connectivity index is 1.58. The van der Waals surface area contributed by atoms with Crippen LogP contribution in [0, 0.1) is 0 Å². The molecule has 4 rings (SSSR count). The van der Waals surface area contributed by atoms with E-state index in [4.69, 9.17) is 0 Å². The highest BCUT2D eigenvalue weighted by Crippen LogP contribution is 2.33. The van der Waals surface area contributed by atoms with Gasteiger partial charge in [-0.3, -0.25) is 4.79 Å². The Kier molecular flexibility index (Phi) is 4.82. The summed E-state index contributed by atoms with van der Waals surface area (Å²) in [5.41, 5.74) is 4.32. The summed E-state index contributed by atoms with van der Waals surface area (Å²) in [6.07, 6.45) is 2.88. The molecule has 8 heteroatoms. The van der Waals surface area contributed by atoms with Crippen molar-refractivity contribution in [2.45, 2.75) is 25.1 Å². The Labute approximate surface area is 175 Å². The van der Waals surface area contributed by atoms with Gasteiger partial charge in [0.25, 0.3) is 5.91 Å². The Bertz CT molecular complexity index is 1240. The van der Waals surface area contributed by atoms with E-state index in [1.165, 1.54) is 6.26 Å². The maximum Gasteiger partial charge on any atom is 0.252 e. The molecule has 154 valence electrons. The molecule has 0 saturated heterocycles. The SMILES string of the molecule is CC1(C)NC(=O)c2ccc(-c3ccnc(Nc4ccc(CS(C)(=O)=O)cc4)n3)cc21. The molecular weight excluding hydrogens is 400 g/mol. The summed E-state index contributed by atoms with van der Waals surface area (Å²) in [5.74, 6) is 0.369. The number of anilines is 2. The smallest absolute Gasteiger partial charge is 0.252 e. The van der Waals surface area contributed by atoms with Gasteiger partial charge in [0.1, 0.15) is 0 Å². The highest BCUT2D eigenvalue weighted by Gasteiger charge is 2.35. The van der Waals surface area contributed by atoms with Crippen molar-refractivity contribution >= 4 is 27.4 Å². The Morgan fingerprint density at radius 3 is 2.50 bits per heavy atom. The normalized spacial score (nSPS) is 14.8. The van der Waals surface area contributed by atoms with E-state index in [1.807, 2.05) is 38.1 Å². The zero-order chi connectivity index (χ0) is 21.5. The molecule has 1 amide bonds. The van der Waals surface area contributed by atoms with Crippen molar-refractivity contribution in [2.75, 3.05) is 11.6 Å². The van der Waals surface area contributed by atoms with Crippen molar-refractivity contribution in [3.63, 3.8) is 0 Å². The van der Waals surface area contributed by atoms with E-state index in [9.17, 15) is 13.2 Å². The second-order valence-electron chi connectivity index (χ2n) is 8.00. The highest BCUT2D eigenvalue weighted by atomic mass is 32.2. The van der Waals surface area contributed by atoms with Gasteiger partial charge in [-0.2, -0.15) is 0 Å². The number of carbonyl (C=O) groups excluding carboxylic acids is 1. The van der Waals surface area contributed by atoms with Crippen LogP contribution in [0.25, 0.3) is 11.3 Å². The molecule has 0 spiro atoms. The number of nitrogens with one attached hydrogen (secondary N) is 2. The van der Waals surface area contributed by atoms with Crippen molar-refractivity contribution in [2.24, 2.45) is 0 Å². The molecule has 0 aliphatic carbocycles. The van der Waals surface area contributed by atoms with Gasteiger partial charge in [0.15, 0.2) is 9.84 Å². The van der Waals surface area contributed by atoms with Crippen molar-refractivity contribution in [1.82, 2.24) is 15.3 Å². The van der Waals surface area contributed by atoms with Crippen LogP contribution in [0.15, 0.2) is 54.7 Å². The van der Waals surface area contributed by atoms with Crippen LogP contribution in [0.1, 0.15) is 35.3 Å². The monoisotopic (exact) mass is 422 g/mol. The van der Waals surface area contributed by atoms with E-state index in [2.05, 4.69) is 20.6 Å². The first-order valence-corrected chi connectivity index (χ1v) is 11.5. The van der Waals surface area contributed by atoms with Crippen LogP contribution < -0.4 is 10.6 Å². The fraction of sp³-hybridized carbons (Fsp3) is 0.227. The number of benzene rings is 2. The Morgan fingerprint density at radius 2 is 1.80 bits per heavy atom. The van der Waals surface area contributed by atoms with Crippen molar-refractivity contribution in [3.8, 4) is 11.3 Å². The average Bonchev–Trinajstić information content (AvgIpc) is 2.91. The summed E-state index contributed by atoms with van der Waals surface area (Å²) < 4.78 is 22.8. The van der Waals surface area contributed by atoms with Crippen LogP contribution in [0.3, 0.4) is 0 Å². The van der Waals surface area contributed by atoms with Crippen LogP contribution >= 0.6 is 0 Å². The summed E-state index contributed by atoms with van der Waals surface area (Å²) >= 11 is 0. The molecule has 30 heavy (non-hydrogen) atoms. The molecule has 0 fully saturated rings. The predicted molar refractivity (Wildman–Crippen MR) is 116 cm³/mol. The van der Waals surface area contributed by atoms with Gasteiger partial charge in [0, 0.05) is 29.3 Å². The number of fused-ring (bicyclic) bond motifs is 1.